The highest BCUT2D eigenvalue weighted by Gasteiger charge is 2.19. The van der Waals surface area contributed by atoms with E-state index in [0.717, 1.165) is 43.6 Å². The molecule has 1 N–H and O–H groups in total. The Bertz CT molecular complexity index is 444. The number of nitrogens with zero attached hydrogens (tertiary/aromatic N) is 2. The van der Waals surface area contributed by atoms with Gasteiger partial charge in [0.2, 0.25) is 0 Å². The van der Waals surface area contributed by atoms with Crippen LogP contribution in [0.15, 0.2) is 28.7 Å². The summed E-state index contributed by atoms with van der Waals surface area (Å²) in [5.74, 6) is 0. The van der Waals surface area contributed by atoms with Crippen LogP contribution >= 0.6 is 15.9 Å². The largest absolute Gasteiger partial charge is 0.338 e. The number of nitrogens with one attached hydrogen (secondary N) is 1. The van der Waals surface area contributed by atoms with Crippen molar-refractivity contribution in [1.29, 1.82) is 0 Å². The number of rotatable bonds is 4. The van der Waals surface area contributed by atoms with Gasteiger partial charge in [-0.1, -0.05) is 35.0 Å². The second-order valence-electron chi connectivity index (χ2n) is 5.03. The van der Waals surface area contributed by atoms with Crippen LogP contribution in [0.1, 0.15) is 12.5 Å². The fourth-order valence-corrected chi connectivity index (χ4v) is 2.83. The lowest BCUT2D eigenvalue weighted by Crippen LogP contribution is -2.51. The quantitative estimate of drug-likeness (QED) is 0.913. The molecule has 0 saturated carbocycles. The van der Waals surface area contributed by atoms with Crippen LogP contribution in [0.25, 0.3) is 0 Å². The molecule has 1 fully saturated rings. The second kappa shape index (κ2) is 7.64. The van der Waals surface area contributed by atoms with Gasteiger partial charge >= 0.3 is 6.03 Å². The van der Waals surface area contributed by atoms with Crippen LogP contribution in [-0.2, 0) is 6.42 Å². The fraction of sp³-hybridized carbons (Fsp3) is 0.533. The molecule has 1 aromatic carbocycles. The maximum absolute atomic E-state index is 12.0. The van der Waals surface area contributed by atoms with Crippen LogP contribution in [0.5, 0.6) is 0 Å². The molecule has 5 heteroatoms. The number of likely N-dealkylation sites (N-methyl/N-ethyl adjacent to an activating group) is 1. The number of hydrogen-bond donors (Lipinski definition) is 1. The van der Waals surface area contributed by atoms with E-state index in [4.69, 9.17) is 0 Å². The third-order valence-corrected chi connectivity index (χ3v) is 4.18. The minimum absolute atomic E-state index is 0.0655. The number of carbonyl (C=O) groups excluding carboxylic acids is 1. The normalized spacial score (nSPS) is 16.2. The van der Waals surface area contributed by atoms with Crippen LogP contribution in [0.2, 0.25) is 0 Å². The number of urea groups is 1. The number of benzene rings is 1. The molecule has 110 valence electrons. The Labute approximate surface area is 129 Å². The first-order valence-electron chi connectivity index (χ1n) is 7.18. The van der Waals surface area contributed by atoms with Gasteiger partial charge in [0.15, 0.2) is 0 Å². The monoisotopic (exact) mass is 339 g/mol. The predicted octanol–water partition coefficient (Wildman–Crippen LogP) is 2.34. The summed E-state index contributed by atoms with van der Waals surface area (Å²) in [5, 5.41) is 3.01. The van der Waals surface area contributed by atoms with E-state index >= 15 is 0 Å². The van der Waals surface area contributed by atoms with Crippen molar-refractivity contribution in [3.63, 3.8) is 0 Å². The summed E-state index contributed by atoms with van der Waals surface area (Å²) in [6, 6.07) is 8.26. The van der Waals surface area contributed by atoms with Crippen molar-refractivity contribution in [3.8, 4) is 0 Å². The molecule has 1 heterocycles. The van der Waals surface area contributed by atoms with Gasteiger partial charge < -0.3 is 15.1 Å². The fourth-order valence-electron chi connectivity index (χ4n) is 2.39. The third-order valence-electron chi connectivity index (χ3n) is 3.69. The molecule has 1 aliphatic rings. The number of carbonyl (C=O) groups is 1. The lowest BCUT2D eigenvalue weighted by Gasteiger charge is -2.34. The summed E-state index contributed by atoms with van der Waals surface area (Å²) in [6.45, 7) is 7.54. The number of halogens is 1. The van der Waals surface area contributed by atoms with E-state index in [-0.39, 0.29) is 6.03 Å². The molecule has 0 radical (unpaired) electrons. The van der Waals surface area contributed by atoms with Gasteiger partial charge in [-0.3, -0.25) is 0 Å². The predicted molar refractivity (Wildman–Crippen MR) is 84.9 cm³/mol. The van der Waals surface area contributed by atoms with Gasteiger partial charge in [0.1, 0.15) is 0 Å². The van der Waals surface area contributed by atoms with Gasteiger partial charge in [0.05, 0.1) is 0 Å². The van der Waals surface area contributed by atoms with Crippen molar-refractivity contribution >= 4 is 22.0 Å². The summed E-state index contributed by atoms with van der Waals surface area (Å²) in [7, 11) is 0. The van der Waals surface area contributed by atoms with Crippen molar-refractivity contribution in [2.24, 2.45) is 0 Å². The molecule has 0 atom stereocenters. The minimum atomic E-state index is 0.0655. The summed E-state index contributed by atoms with van der Waals surface area (Å²) < 4.78 is 1.08. The Kier molecular flexibility index (Phi) is 5.86. The summed E-state index contributed by atoms with van der Waals surface area (Å²) in [4.78, 5) is 16.3. The zero-order chi connectivity index (χ0) is 14.4. The molecule has 20 heavy (non-hydrogen) atoms. The Hall–Kier alpha value is -1.07. The first kappa shape index (κ1) is 15.3. The van der Waals surface area contributed by atoms with Crippen molar-refractivity contribution < 1.29 is 4.79 Å². The van der Waals surface area contributed by atoms with E-state index in [1.165, 1.54) is 5.56 Å². The lowest BCUT2D eigenvalue weighted by molar-refractivity contribution is 0.143. The molecule has 2 rings (SSSR count). The molecule has 0 aromatic heterocycles. The average Bonchev–Trinajstić information content (AvgIpc) is 2.47. The molecule has 1 aromatic rings. The van der Waals surface area contributed by atoms with Gasteiger partial charge in [-0.2, -0.15) is 0 Å². The first-order chi connectivity index (χ1) is 9.69. The van der Waals surface area contributed by atoms with Crippen molar-refractivity contribution in [3.05, 3.63) is 34.3 Å². The molecular weight excluding hydrogens is 318 g/mol. The van der Waals surface area contributed by atoms with Crippen LogP contribution in [-0.4, -0.2) is 55.1 Å². The smallest absolute Gasteiger partial charge is 0.317 e. The van der Waals surface area contributed by atoms with Crippen LogP contribution < -0.4 is 5.32 Å². The van der Waals surface area contributed by atoms with E-state index in [2.05, 4.69) is 45.2 Å². The Morgan fingerprint density at radius 2 is 2.05 bits per heavy atom. The van der Waals surface area contributed by atoms with Crippen molar-refractivity contribution in [1.82, 2.24) is 15.1 Å². The Morgan fingerprint density at radius 1 is 1.30 bits per heavy atom. The van der Waals surface area contributed by atoms with Crippen molar-refractivity contribution in [2.45, 2.75) is 13.3 Å². The van der Waals surface area contributed by atoms with Gasteiger partial charge in [0.25, 0.3) is 0 Å². The highest BCUT2D eigenvalue weighted by atomic mass is 79.9. The van der Waals surface area contributed by atoms with E-state index in [0.29, 0.717) is 6.54 Å². The van der Waals surface area contributed by atoms with Gasteiger partial charge in [-0.05, 0) is 30.7 Å². The molecular formula is C15H22BrN3O. The van der Waals surface area contributed by atoms with E-state index in [9.17, 15) is 4.79 Å². The molecule has 0 unspecified atom stereocenters. The zero-order valence-corrected chi connectivity index (χ0v) is 13.5. The maximum atomic E-state index is 12.0. The Balaban J connectivity index is 1.70. The standard InChI is InChI=1S/C15H22BrN3O/c1-2-18-8-10-19(11-9-18)15(20)17-7-6-13-4-3-5-14(16)12-13/h3-5,12H,2,6-11H2,1H3,(H,17,20). The highest BCUT2D eigenvalue weighted by Crippen LogP contribution is 2.11. The second-order valence-corrected chi connectivity index (χ2v) is 5.95. The maximum Gasteiger partial charge on any atom is 0.317 e. The number of piperazine rings is 1. The lowest BCUT2D eigenvalue weighted by atomic mass is 10.1. The molecule has 0 spiro atoms. The highest BCUT2D eigenvalue weighted by molar-refractivity contribution is 9.10. The molecule has 1 aliphatic heterocycles. The molecule has 1 saturated heterocycles. The van der Waals surface area contributed by atoms with E-state index < -0.39 is 0 Å². The van der Waals surface area contributed by atoms with Gasteiger partial charge in [-0.15, -0.1) is 0 Å². The zero-order valence-electron chi connectivity index (χ0n) is 11.9. The van der Waals surface area contributed by atoms with Crippen LogP contribution in [0, 0.1) is 0 Å². The first-order valence-corrected chi connectivity index (χ1v) is 7.98. The molecule has 2 amide bonds. The third kappa shape index (κ3) is 4.49. The van der Waals surface area contributed by atoms with E-state index in [1.807, 2.05) is 17.0 Å². The Morgan fingerprint density at radius 3 is 2.70 bits per heavy atom. The molecule has 0 bridgehead atoms. The average molecular weight is 340 g/mol. The summed E-state index contributed by atoms with van der Waals surface area (Å²) in [6.07, 6.45) is 0.861. The van der Waals surface area contributed by atoms with Gasteiger partial charge in [0, 0.05) is 37.2 Å². The van der Waals surface area contributed by atoms with Gasteiger partial charge in [-0.25, -0.2) is 4.79 Å². The minimum Gasteiger partial charge on any atom is -0.338 e. The topological polar surface area (TPSA) is 35.6 Å². The van der Waals surface area contributed by atoms with Crippen LogP contribution in [0.3, 0.4) is 0 Å². The molecule has 4 nitrogen and oxygen atoms in total. The SMILES string of the molecule is CCN1CCN(C(=O)NCCc2cccc(Br)c2)CC1. The van der Waals surface area contributed by atoms with E-state index in [1.54, 1.807) is 0 Å². The summed E-state index contributed by atoms with van der Waals surface area (Å²) in [5.41, 5.74) is 1.23. The number of amides is 2. The van der Waals surface area contributed by atoms with Crippen LogP contribution in [0.4, 0.5) is 4.79 Å². The molecule has 0 aliphatic carbocycles. The van der Waals surface area contributed by atoms with Crippen molar-refractivity contribution in [2.75, 3.05) is 39.3 Å². The summed E-state index contributed by atoms with van der Waals surface area (Å²) >= 11 is 3.46. The number of hydrogen-bond acceptors (Lipinski definition) is 2.